The number of rotatable bonds is 1. The van der Waals surface area contributed by atoms with Gasteiger partial charge in [-0.25, -0.2) is 4.79 Å². The molecule has 5 nitrogen and oxygen atoms in total. The predicted octanol–water partition coefficient (Wildman–Crippen LogP) is 2.91. The van der Waals surface area contributed by atoms with Gasteiger partial charge in [-0.1, -0.05) is 12.1 Å². The van der Waals surface area contributed by atoms with Crippen molar-refractivity contribution >= 4 is 12.1 Å². The Kier molecular flexibility index (Phi) is 4.21. The molecule has 5 heteroatoms. The van der Waals surface area contributed by atoms with Gasteiger partial charge in [0.15, 0.2) is 0 Å². The van der Waals surface area contributed by atoms with Gasteiger partial charge in [0.1, 0.15) is 11.4 Å². The summed E-state index contributed by atoms with van der Waals surface area (Å²) in [7, 11) is 0. The zero-order valence-electron chi connectivity index (χ0n) is 12.9. The van der Waals surface area contributed by atoms with Crippen LogP contribution in [0.4, 0.5) is 4.79 Å². The number of esters is 1. The van der Waals surface area contributed by atoms with Crippen LogP contribution in [0.1, 0.15) is 38.8 Å². The summed E-state index contributed by atoms with van der Waals surface area (Å²) in [4.78, 5) is 24.9. The highest BCUT2D eigenvalue weighted by Gasteiger charge is 2.27. The van der Waals surface area contributed by atoms with Gasteiger partial charge in [-0.2, -0.15) is 0 Å². The molecule has 0 atom stereocenters. The van der Waals surface area contributed by atoms with E-state index in [1.165, 1.54) is 6.92 Å². The van der Waals surface area contributed by atoms with E-state index < -0.39 is 5.60 Å². The summed E-state index contributed by atoms with van der Waals surface area (Å²) in [6.07, 6.45) is 0.337. The summed E-state index contributed by atoms with van der Waals surface area (Å²) in [6.45, 7) is 7.96. The minimum atomic E-state index is -0.503. The Labute approximate surface area is 124 Å². The van der Waals surface area contributed by atoms with Gasteiger partial charge in [0.2, 0.25) is 0 Å². The molecule has 21 heavy (non-hydrogen) atoms. The third-order valence-corrected chi connectivity index (χ3v) is 3.13. The van der Waals surface area contributed by atoms with E-state index in [-0.39, 0.29) is 12.1 Å². The van der Waals surface area contributed by atoms with E-state index in [2.05, 4.69) is 0 Å². The van der Waals surface area contributed by atoms with Crippen molar-refractivity contribution in [1.29, 1.82) is 0 Å². The fraction of sp³-hybridized carbons (Fsp3) is 0.500. The first kappa shape index (κ1) is 15.4. The maximum atomic E-state index is 12.1. The van der Waals surface area contributed by atoms with Gasteiger partial charge in [-0.15, -0.1) is 0 Å². The van der Waals surface area contributed by atoms with E-state index in [1.54, 1.807) is 11.0 Å². The van der Waals surface area contributed by atoms with Crippen LogP contribution >= 0.6 is 0 Å². The Morgan fingerprint density at radius 1 is 1.24 bits per heavy atom. The number of carbonyl (C=O) groups is 2. The second kappa shape index (κ2) is 5.76. The number of hydrogen-bond donors (Lipinski definition) is 0. The first-order valence-electron chi connectivity index (χ1n) is 7.03. The average molecular weight is 291 g/mol. The van der Waals surface area contributed by atoms with Crippen LogP contribution in [0.25, 0.3) is 0 Å². The zero-order valence-corrected chi connectivity index (χ0v) is 12.9. The van der Waals surface area contributed by atoms with Crippen molar-refractivity contribution < 1.29 is 19.1 Å². The second-order valence-corrected chi connectivity index (χ2v) is 6.14. The van der Waals surface area contributed by atoms with E-state index in [9.17, 15) is 9.59 Å². The minimum Gasteiger partial charge on any atom is -0.444 e. The monoisotopic (exact) mass is 291 g/mol. The van der Waals surface area contributed by atoms with Gasteiger partial charge in [-0.3, -0.25) is 4.79 Å². The van der Waals surface area contributed by atoms with E-state index >= 15 is 0 Å². The molecule has 0 aliphatic carbocycles. The normalized spacial score (nSPS) is 14.4. The highest BCUT2D eigenvalue weighted by atomic mass is 16.6. The molecule has 1 aliphatic rings. The Morgan fingerprint density at radius 2 is 1.95 bits per heavy atom. The van der Waals surface area contributed by atoms with Crippen molar-refractivity contribution in [2.24, 2.45) is 0 Å². The molecule has 0 radical (unpaired) electrons. The summed E-state index contributed by atoms with van der Waals surface area (Å²) in [5.74, 6) is 0.252. The summed E-state index contributed by atoms with van der Waals surface area (Å²) < 4.78 is 10.6. The van der Waals surface area contributed by atoms with Crippen molar-refractivity contribution in [2.75, 3.05) is 6.54 Å². The van der Waals surface area contributed by atoms with E-state index in [1.807, 2.05) is 32.9 Å². The molecule has 0 spiro atoms. The molecule has 0 aromatic heterocycles. The quantitative estimate of drug-likeness (QED) is 0.589. The number of amides is 1. The molecule has 0 bridgehead atoms. The maximum Gasteiger partial charge on any atom is 0.410 e. The molecule has 0 N–H and O–H groups in total. The molecule has 0 saturated heterocycles. The van der Waals surface area contributed by atoms with Crippen molar-refractivity contribution in [1.82, 2.24) is 4.90 Å². The van der Waals surface area contributed by atoms with Crippen LogP contribution in [0.5, 0.6) is 5.75 Å². The lowest BCUT2D eigenvalue weighted by Gasteiger charge is -2.31. The molecule has 114 valence electrons. The van der Waals surface area contributed by atoms with Gasteiger partial charge in [0.25, 0.3) is 0 Å². The summed E-state index contributed by atoms with van der Waals surface area (Å²) >= 11 is 0. The third-order valence-electron chi connectivity index (χ3n) is 3.13. The number of benzene rings is 1. The Morgan fingerprint density at radius 3 is 2.57 bits per heavy atom. The van der Waals surface area contributed by atoms with Gasteiger partial charge in [0, 0.05) is 25.6 Å². The molecule has 1 aromatic rings. The van der Waals surface area contributed by atoms with Crippen molar-refractivity contribution in [3.63, 3.8) is 0 Å². The van der Waals surface area contributed by atoms with Crippen LogP contribution < -0.4 is 4.74 Å². The van der Waals surface area contributed by atoms with Gasteiger partial charge in [0.05, 0.1) is 0 Å². The van der Waals surface area contributed by atoms with Gasteiger partial charge < -0.3 is 14.4 Å². The number of ether oxygens (including phenoxy) is 2. The molecule has 0 fully saturated rings. The highest BCUT2D eigenvalue weighted by molar-refractivity contribution is 5.71. The lowest BCUT2D eigenvalue weighted by molar-refractivity contribution is -0.131. The maximum absolute atomic E-state index is 12.1. The molecular weight excluding hydrogens is 270 g/mol. The van der Waals surface area contributed by atoms with Crippen LogP contribution in [-0.2, 0) is 22.5 Å². The molecule has 1 amide bonds. The second-order valence-electron chi connectivity index (χ2n) is 6.14. The Bertz CT molecular complexity index is 560. The first-order valence-corrected chi connectivity index (χ1v) is 7.03. The van der Waals surface area contributed by atoms with Crippen LogP contribution in [-0.4, -0.2) is 29.1 Å². The van der Waals surface area contributed by atoms with Crippen molar-refractivity contribution in [3.8, 4) is 5.75 Å². The largest absolute Gasteiger partial charge is 0.444 e. The predicted molar refractivity (Wildman–Crippen MR) is 78.1 cm³/mol. The average Bonchev–Trinajstić information content (AvgIpc) is 2.35. The number of carbonyl (C=O) groups excluding carboxylic acids is 2. The highest BCUT2D eigenvalue weighted by Crippen LogP contribution is 2.28. The van der Waals surface area contributed by atoms with Crippen LogP contribution in [0.2, 0.25) is 0 Å². The molecule has 0 saturated carbocycles. The topological polar surface area (TPSA) is 55.8 Å². The van der Waals surface area contributed by atoms with Crippen LogP contribution in [0, 0.1) is 0 Å². The summed E-state index contributed by atoms with van der Waals surface area (Å²) in [6, 6.07) is 5.55. The van der Waals surface area contributed by atoms with E-state index in [4.69, 9.17) is 9.47 Å². The fourth-order valence-corrected chi connectivity index (χ4v) is 2.31. The number of nitrogens with zero attached hydrogens (tertiary/aromatic N) is 1. The van der Waals surface area contributed by atoms with Gasteiger partial charge >= 0.3 is 12.1 Å². The SMILES string of the molecule is CC(=O)Oc1cccc2c1CCN(C(=O)OC(C)(C)C)C2. The number of hydrogen-bond acceptors (Lipinski definition) is 4. The van der Waals surface area contributed by atoms with Gasteiger partial charge in [-0.05, 0) is 38.8 Å². The molecule has 0 unspecified atom stereocenters. The first-order chi connectivity index (χ1) is 9.76. The minimum absolute atomic E-state index is 0.314. The van der Waals surface area contributed by atoms with E-state index in [0.29, 0.717) is 25.3 Å². The molecule has 2 rings (SSSR count). The Hall–Kier alpha value is -2.04. The Balaban J connectivity index is 2.14. The smallest absolute Gasteiger partial charge is 0.410 e. The van der Waals surface area contributed by atoms with Crippen molar-refractivity contribution in [3.05, 3.63) is 29.3 Å². The lowest BCUT2D eigenvalue weighted by Crippen LogP contribution is -2.40. The van der Waals surface area contributed by atoms with Crippen LogP contribution in [0.15, 0.2) is 18.2 Å². The number of fused-ring (bicyclic) bond motifs is 1. The summed E-state index contributed by atoms with van der Waals surface area (Å²) in [5, 5.41) is 0. The lowest BCUT2D eigenvalue weighted by atomic mass is 9.99. The molecule has 1 aliphatic heterocycles. The fourth-order valence-electron chi connectivity index (χ4n) is 2.31. The standard InChI is InChI=1S/C16H21NO4/c1-11(18)20-14-7-5-6-12-10-17(9-8-13(12)14)15(19)21-16(2,3)4/h5-7H,8-10H2,1-4H3. The third kappa shape index (κ3) is 3.97. The van der Waals surface area contributed by atoms with Crippen LogP contribution in [0.3, 0.4) is 0 Å². The zero-order chi connectivity index (χ0) is 15.6. The van der Waals surface area contributed by atoms with E-state index in [0.717, 1.165) is 11.1 Å². The summed E-state index contributed by atoms with van der Waals surface area (Å²) in [5.41, 5.74) is 1.48. The molecular formula is C16H21NO4. The van der Waals surface area contributed by atoms with Crippen molar-refractivity contribution in [2.45, 2.75) is 46.3 Å². The molecule has 1 heterocycles. The molecule has 1 aromatic carbocycles.